The molecule has 0 aliphatic heterocycles. The van der Waals surface area contributed by atoms with Gasteiger partial charge in [0.2, 0.25) is 17.6 Å². The van der Waals surface area contributed by atoms with E-state index in [-0.39, 0.29) is 35.1 Å². The molecule has 0 atom stereocenters. The lowest BCUT2D eigenvalue weighted by Crippen LogP contribution is -2.37. The van der Waals surface area contributed by atoms with Crippen LogP contribution >= 0.6 is 11.8 Å². The molecule has 0 radical (unpaired) electrons. The van der Waals surface area contributed by atoms with Crippen molar-refractivity contribution in [1.82, 2.24) is 30.4 Å². The van der Waals surface area contributed by atoms with Crippen LogP contribution in [0.15, 0.2) is 9.79 Å². The van der Waals surface area contributed by atoms with E-state index >= 15 is 0 Å². The van der Waals surface area contributed by atoms with E-state index < -0.39 is 0 Å². The summed E-state index contributed by atoms with van der Waals surface area (Å²) in [7, 11) is 1.75. The smallest absolute Gasteiger partial charge is 0.230 e. The van der Waals surface area contributed by atoms with Crippen molar-refractivity contribution in [2.75, 3.05) is 11.1 Å². The number of thioether (sulfide) groups is 1. The third-order valence-corrected chi connectivity index (χ3v) is 5.15. The molecule has 0 bridgehead atoms. The maximum atomic E-state index is 12.1. The number of rotatable bonds is 6. The highest BCUT2D eigenvalue weighted by molar-refractivity contribution is 7.99. The van der Waals surface area contributed by atoms with Gasteiger partial charge in [-0.2, -0.15) is 0 Å². The number of anilines is 1. The fourth-order valence-electron chi connectivity index (χ4n) is 2.88. The van der Waals surface area contributed by atoms with Crippen LogP contribution in [0.25, 0.3) is 11.5 Å². The van der Waals surface area contributed by atoms with Crippen LogP contribution < -0.4 is 10.6 Å². The van der Waals surface area contributed by atoms with Crippen LogP contribution in [0.2, 0.25) is 0 Å². The lowest BCUT2D eigenvalue weighted by molar-refractivity contribution is -0.119. The van der Waals surface area contributed by atoms with Gasteiger partial charge in [0.15, 0.2) is 16.7 Å². The summed E-state index contributed by atoms with van der Waals surface area (Å²) in [4.78, 5) is 23.3. The van der Waals surface area contributed by atoms with Gasteiger partial charge in [0.25, 0.3) is 0 Å². The summed E-state index contributed by atoms with van der Waals surface area (Å²) in [6.07, 6.45) is 5.70. The van der Waals surface area contributed by atoms with E-state index in [1.807, 2.05) is 0 Å². The number of amides is 2. The Morgan fingerprint density at radius 3 is 2.73 bits per heavy atom. The zero-order valence-corrected chi connectivity index (χ0v) is 15.5. The lowest BCUT2D eigenvalue weighted by atomic mass is 9.95. The fraction of sp³-hybridized carbons (Fsp3) is 0.600. The average Bonchev–Trinajstić information content (AvgIpc) is 3.19. The molecule has 1 aliphatic rings. The Balaban J connectivity index is 1.61. The second kappa shape index (κ2) is 8.30. The molecule has 2 amide bonds. The van der Waals surface area contributed by atoms with Gasteiger partial charge in [0.05, 0.1) is 5.75 Å². The van der Waals surface area contributed by atoms with Crippen molar-refractivity contribution >= 4 is 29.4 Å². The van der Waals surface area contributed by atoms with E-state index in [9.17, 15) is 9.59 Å². The first-order chi connectivity index (χ1) is 12.5. The van der Waals surface area contributed by atoms with Crippen molar-refractivity contribution in [3.63, 3.8) is 0 Å². The van der Waals surface area contributed by atoms with E-state index in [1.165, 1.54) is 37.9 Å². The van der Waals surface area contributed by atoms with Gasteiger partial charge in [-0.15, -0.1) is 10.2 Å². The normalized spacial score (nSPS) is 15.0. The Hall–Kier alpha value is -2.43. The molecule has 2 heterocycles. The number of nitrogens with zero attached hydrogens (tertiary/aromatic N) is 5. The molecule has 1 saturated carbocycles. The van der Waals surface area contributed by atoms with Crippen LogP contribution in [0.4, 0.5) is 5.82 Å². The minimum atomic E-state index is -0.293. The number of hydrogen-bond acceptors (Lipinski definition) is 8. The van der Waals surface area contributed by atoms with E-state index in [2.05, 4.69) is 35.8 Å². The molecule has 140 valence electrons. The topological polar surface area (TPSA) is 128 Å². The maximum Gasteiger partial charge on any atom is 0.230 e. The van der Waals surface area contributed by atoms with Crippen LogP contribution in [0, 0.1) is 0 Å². The molecule has 10 nitrogen and oxygen atoms in total. The first-order valence-electron chi connectivity index (χ1n) is 8.46. The second-order valence-corrected chi connectivity index (χ2v) is 7.14. The number of hydrogen-bond donors (Lipinski definition) is 2. The van der Waals surface area contributed by atoms with Gasteiger partial charge in [-0.1, -0.05) is 31.0 Å². The SMILES string of the molecule is CC(=O)Nc1nonc1-c1nnc(SCC(=O)NC2CCCCC2)n1C. The van der Waals surface area contributed by atoms with Gasteiger partial charge in [0.1, 0.15) is 0 Å². The molecule has 2 aromatic heterocycles. The van der Waals surface area contributed by atoms with Gasteiger partial charge in [-0.25, -0.2) is 4.63 Å². The average molecular weight is 379 g/mol. The van der Waals surface area contributed by atoms with Crippen molar-refractivity contribution < 1.29 is 14.2 Å². The fourth-order valence-corrected chi connectivity index (χ4v) is 3.60. The predicted molar refractivity (Wildman–Crippen MR) is 94.3 cm³/mol. The summed E-state index contributed by atoms with van der Waals surface area (Å²) < 4.78 is 6.37. The van der Waals surface area contributed by atoms with Gasteiger partial charge in [-0.05, 0) is 23.2 Å². The van der Waals surface area contributed by atoms with Crippen LogP contribution in [0.5, 0.6) is 0 Å². The molecule has 2 aromatic rings. The van der Waals surface area contributed by atoms with Crippen LogP contribution in [0.1, 0.15) is 39.0 Å². The zero-order valence-electron chi connectivity index (χ0n) is 14.7. The summed E-state index contributed by atoms with van der Waals surface area (Å²) in [6.45, 7) is 1.36. The molecule has 1 aliphatic carbocycles. The molecule has 2 N–H and O–H groups in total. The molecule has 1 fully saturated rings. The molecule has 0 spiro atoms. The number of aromatic nitrogens is 5. The summed E-state index contributed by atoms with van der Waals surface area (Å²) in [6, 6.07) is 0.285. The summed E-state index contributed by atoms with van der Waals surface area (Å²) in [5, 5.41) is 21.7. The number of carbonyl (C=O) groups excluding carboxylic acids is 2. The maximum absolute atomic E-state index is 12.1. The molecule has 3 rings (SSSR count). The largest absolute Gasteiger partial charge is 0.353 e. The van der Waals surface area contributed by atoms with E-state index in [4.69, 9.17) is 0 Å². The van der Waals surface area contributed by atoms with Crippen LogP contribution in [-0.4, -0.2) is 48.7 Å². The molecular formula is C15H21N7O3S. The third-order valence-electron chi connectivity index (χ3n) is 4.13. The molecule has 0 saturated heterocycles. The van der Waals surface area contributed by atoms with E-state index in [0.29, 0.717) is 11.0 Å². The second-order valence-electron chi connectivity index (χ2n) is 6.20. The Labute approximate surface area is 154 Å². The van der Waals surface area contributed by atoms with E-state index in [1.54, 1.807) is 11.6 Å². The highest BCUT2D eigenvalue weighted by Gasteiger charge is 2.21. The van der Waals surface area contributed by atoms with Gasteiger partial charge in [-0.3, -0.25) is 9.59 Å². The van der Waals surface area contributed by atoms with Crippen molar-refractivity contribution in [3.8, 4) is 11.5 Å². The summed E-state index contributed by atoms with van der Waals surface area (Å²) in [5.41, 5.74) is 0.286. The number of carbonyl (C=O) groups is 2. The van der Waals surface area contributed by atoms with Crippen molar-refractivity contribution in [2.24, 2.45) is 7.05 Å². The van der Waals surface area contributed by atoms with Crippen molar-refractivity contribution in [2.45, 2.75) is 50.2 Å². The Morgan fingerprint density at radius 2 is 2.00 bits per heavy atom. The van der Waals surface area contributed by atoms with Crippen molar-refractivity contribution in [1.29, 1.82) is 0 Å². The highest BCUT2D eigenvalue weighted by atomic mass is 32.2. The highest BCUT2D eigenvalue weighted by Crippen LogP contribution is 2.26. The molecule has 11 heteroatoms. The summed E-state index contributed by atoms with van der Waals surface area (Å²) in [5.74, 6) is 0.536. The van der Waals surface area contributed by atoms with Gasteiger partial charge >= 0.3 is 0 Å². The standard InChI is InChI=1S/C15H21N7O3S/c1-9(23)16-13-12(20-25-21-13)14-18-19-15(22(14)2)26-8-11(24)17-10-6-4-3-5-7-10/h10H,3-8H2,1-2H3,(H,17,24)(H,16,21,23). The Bertz CT molecular complexity index is 782. The van der Waals surface area contributed by atoms with Crippen LogP contribution in [-0.2, 0) is 16.6 Å². The summed E-state index contributed by atoms with van der Waals surface area (Å²) >= 11 is 1.29. The molecule has 0 aromatic carbocycles. The van der Waals surface area contributed by atoms with Crippen LogP contribution in [0.3, 0.4) is 0 Å². The third kappa shape index (κ3) is 4.40. The minimum absolute atomic E-state index is 0.00603. The number of nitrogens with one attached hydrogen (secondary N) is 2. The Morgan fingerprint density at radius 1 is 1.23 bits per heavy atom. The zero-order chi connectivity index (χ0) is 18.5. The predicted octanol–water partition coefficient (Wildman–Crippen LogP) is 1.36. The molecule has 26 heavy (non-hydrogen) atoms. The molecule has 0 unspecified atom stereocenters. The lowest BCUT2D eigenvalue weighted by Gasteiger charge is -2.22. The first kappa shape index (κ1) is 18.4. The van der Waals surface area contributed by atoms with Gasteiger partial charge in [0, 0.05) is 20.0 Å². The first-order valence-corrected chi connectivity index (χ1v) is 9.45. The van der Waals surface area contributed by atoms with Crippen molar-refractivity contribution in [3.05, 3.63) is 0 Å². The van der Waals surface area contributed by atoms with E-state index in [0.717, 1.165) is 12.8 Å². The quantitative estimate of drug-likeness (QED) is 0.720. The molecular weight excluding hydrogens is 358 g/mol. The Kier molecular flexibility index (Phi) is 5.86. The minimum Gasteiger partial charge on any atom is -0.353 e. The monoisotopic (exact) mass is 379 g/mol. The van der Waals surface area contributed by atoms with Gasteiger partial charge < -0.3 is 15.2 Å².